The van der Waals surface area contributed by atoms with Gasteiger partial charge >= 0.3 is 51.4 Å². The van der Waals surface area contributed by atoms with E-state index in [1.165, 1.54) is 12.1 Å². The quantitative estimate of drug-likeness (QED) is 0.365. The molecule has 6 nitrogen and oxygen atoms in total. The first kappa shape index (κ1) is 19.2. The largest absolute Gasteiger partial charge is 1.00 e. The van der Waals surface area contributed by atoms with Crippen molar-refractivity contribution in [2.45, 2.75) is 32.7 Å². The number of carbonyl (C=O) groups excluding carboxylic acids is 4. The Bertz CT molecular complexity index is 595. The van der Waals surface area contributed by atoms with E-state index in [0.717, 1.165) is 4.90 Å². The van der Waals surface area contributed by atoms with Crippen LogP contribution in [-0.4, -0.2) is 34.6 Å². The zero-order valence-electron chi connectivity index (χ0n) is 12.8. The second kappa shape index (κ2) is 8.12. The Morgan fingerprint density at radius 1 is 1.18 bits per heavy atom. The van der Waals surface area contributed by atoms with Crippen LogP contribution >= 0.6 is 0 Å². The van der Waals surface area contributed by atoms with Gasteiger partial charge in [-0.05, 0) is 12.0 Å². The van der Waals surface area contributed by atoms with Crippen LogP contribution in [0.1, 0.15) is 47.4 Å². The standard InChI is InChI=1S/C13H9N2O4.C2H6.K/c16-10-6-5-9(11(17)14-10)15-12(18)7-3-1-2-4-8(7)13(15)19;1-2;/h1-3,9H,5-6H2,(H,14,16,17);1-2H3;/q-1;;+1. The molecule has 2 aliphatic heterocycles. The molecular formula is C15H15KN2O4. The molecule has 2 heterocycles. The molecule has 1 aromatic rings. The molecule has 0 saturated carbocycles. The number of benzene rings is 1. The van der Waals surface area contributed by atoms with Gasteiger partial charge in [-0.15, -0.1) is 24.3 Å². The first-order chi connectivity index (χ1) is 10.1. The molecule has 3 rings (SSSR count). The van der Waals surface area contributed by atoms with E-state index in [9.17, 15) is 19.2 Å². The molecule has 1 atom stereocenters. The van der Waals surface area contributed by atoms with E-state index >= 15 is 0 Å². The van der Waals surface area contributed by atoms with Crippen LogP contribution in [0.3, 0.4) is 0 Å². The Hall–Kier alpha value is -0.864. The normalized spacial score (nSPS) is 19.7. The second-order valence-corrected chi connectivity index (χ2v) is 4.41. The van der Waals surface area contributed by atoms with E-state index < -0.39 is 23.8 Å². The summed E-state index contributed by atoms with van der Waals surface area (Å²) >= 11 is 0. The third kappa shape index (κ3) is 3.38. The van der Waals surface area contributed by atoms with Crippen molar-refractivity contribution < 1.29 is 70.6 Å². The molecule has 0 aromatic heterocycles. The van der Waals surface area contributed by atoms with Gasteiger partial charge in [-0.2, -0.15) is 0 Å². The number of rotatable bonds is 1. The second-order valence-electron chi connectivity index (χ2n) is 4.41. The van der Waals surface area contributed by atoms with E-state index in [1.807, 2.05) is 13.8 Å². The number of piperidine rings is 1. The number of nitrogens with one attached hydrogen (secondary N) is 1. The molecule has 0 radical (unpaired) electrons. The van der Waals surface area contributed by atoms with Crippen LogP contribution in [-0.2, 0) is 9.59 Å². The van der Waals surface area contributed by atoms with Gasteiger partial charge in [-0.3, -0.25) is 19.7 Å². The fourth-order valence-electron chi connectivity index (χ4n) is 2.35. The molecule has 0 spiro atoms. The van der Waals surface area contributed by atoms with Crippen LogP contribution in [0.5, 0.6) is 0 Å². The molecular weight excluding hydrogens is 311 g/mol. The fraction of sp³-hybridized carbons (Fsp3) is 0.333. The van der Waals surface area contributed by atoms with Crippen molar-refractivity contribution in [3.05, 3.63) is 35.4 Å². The Kier molecular flexibility index (Phi) is 7.08. The van der Waals surface area contributed by atoms with Crippen LogP contribution in [0.2, 0.25) is 0 Å². The molecule has 1 N–H and O–H groups in total. The number of hydrogen-bond acceptors (Lipinski definition) is 4. The summed E-state index contributed by atoms with van der Waals surface area (Å²) in [6.45, 7) is 4.00. The summed E-state index contributed by atoms with van der Waals surface area (Å²) < 4.78 is 0. The molecule has 1 unspecified atom stereocenters. The Balaban J connectivity index is 0.000000775. The van der Waals surface area contributed by atoms with Crippen LogP contribution in [0, 0.1) is 6.07 Å². The third-order valence-electron chi connectivity index (χ3n) is 3.26. The molecule has 110 valence electrons. The van der Waals surface area contributed by atoms with Crippen LogP contribution in [0.25, 0.3) is 0 Å². The minimum absolute atomic E-state index is 0. The Labute approximate surface area is 171 Å². The van der Waals surface area contributed by atoms with Gasteiger partial charge in [0, 0.05) is 6.42 Å². The Morgan fingerprint density at radius 2 is 1.86 bits per heavy atom. The van der Waals surface area contributed by atoms with Crippen LogP contribution < -0.4 is 56.7 Å². The number of fused-ring (bicyclic) bond motifs is 1. The first-order valence-electron chi connectivity index (χ1n) is 6.82. The molecule has 0 aliphatic carbocycles. The van der Waals surface area contributed by atoms with E-state index in [1.54, 1.807) is 6.07 Å². The smallest absolute Gasteiger partial charge is 0.327 e. The van der Waals surface area contributed by atoms with Crippen molar-refractivity contribution in [1.29, 1.82) is 0 Å². The van der Waals surface area contributed by atoms with Gasteiger partial charge in [-0.1, -0.05) is 19.4 Å². The van der Waals surface area contributed by atoms with Gasteiger partial charge in [0.05, 0.1) is 0 Å². The summed E-state index contributed by atoms with van der Waals surface area (Å²) in [6, 6.07) is 6.47. The molecule has 22 heavy (non-hydrogen) atoms. The third-order valence-corrected chi connectivity index (χ3v) is 3.26. The monoisotopic (exact) mass is 326 g/mol. The zero-order valence-corrected chi connectivity index (χ0v) is 15.9. The molecule has 1 saturated heterocycles. The van der Waals surface area contributed by atoms with Crippen molar-refractivity contribution in [3.8, 4) is 0 Å². The molecule has 0 bridgehead atoms. The SMILES string of the molecule is CC.O=C1CCC(N2C(=O)c3[c-]cccc3C2=O)C(=O)N1.[K+]. The zero-order chi connectivity index (χ0) is 15.6. The van der Waals surface area contributed by atoms with E-state index in [2.05, 4.69) is 11.4 Å². The molecule has 1 fully saturated rings. The van der Waals surface area contributed by atoms with E-state index in [0.29, 0.717) is 0 Å². The minimum atomic E-state index is -0.918. The summed E-state index contributed by atoms with van der Waals surface area (Å²) in [7, 11) is 0. The van der Waals surface area contributed by atoms with Crippen molar-refractivity contribution in [1.82, 2.24) is 10.2 Å². The van der Waals surface area contributed by atoms with Crippen molar-refractivity contribution in [3.63, 3.8) is 0 Å². The molecule has 1 aromatic carbocycles. The number of imide groups is 2. The van der Waals surface area contributed by atoms with Gasteiger partial charge in [0.15, 0.2) is 5.91 Å². The average molecular weight is 326 g/mol. The topological polar surface area (TPSA) is 83.6 Å². The van der Waals surface area contributed by atoms with Gasteiger partial charge in [0.25, 0.3) is 0 Å². The number of amides is 4. The van der Waals surface area contributed by atoms with E-state index in [-0.39, 0.29) is 81.3 Å². The van der Waals surface area contributed by atoms with Crippen molar-refractivity contribution in [2.24, 2.45) is 0 Å². The summed E-state index contributed by atoms with van der Waals surface area (Å²) in [5.41, 5.74) is 0.425. The minimum Gasteiger partial charge on any atom is -0.327 e. The van der Waals surface area contributed by atoms with Crippen molar-refractivity contribution in [2.75, 3.05) is 0 Å². The molecule has 2 aliphatic rings. The number of hydrogen-bond donors (Lipinski definition) is 1. The van der Waals surface area contributed by atoms with Gasteiger partial charge in [0.1, 0.15) is 6.04 Å². The summed E-state index contributed by atoms with van der Waals surface area (Å²) in [4.78, 5) is 48.1. The molecule has 4 amide bonds. The number of carbonyl (C=O) groups is 4. The Morgan fingerprint density at radius 3 is 2.45 bits per heavy atom. The van der Waals surface area contributed by atoms with Crippen molar-refractivity contribution >= 4 is 23.6 Å². The van der Waals surface area contributed by atoms with Gasteiger partial charge < -0.3 is 9.69 Å². The predicted molar refractivity (Wildman–Crippen MR) is 73.3 cm³/mol. The maximum Gasteiger partial charge on any atom is 1.00 e. The first-order valence-corrected chi connectivity index (χ1v) is 6.82. The predicted octanol–water partition coefficient (Wildman–Crippen LogP) is -2.08. The summed E-state index contributed by atoms with van der Waals surface area (Å²) in [5, 5.41) is 2.14. The maximum absolute atomic E-state index is 12.2. The fourth-order valence-corrected chi connectivity index (χ4v) is 2.35. The van der Waals surface area contributed by atoms with Gasteiger partial charge in [0.2, 0.25) is 17.7 Å². The number of nitrogens with zero attached hydrogens (tertiary/aromatic N) is 1. The van der Waals surface area contributed by atoms with E-state index in [4.69, 9.17) is 0 Å². The van der Waals surface area contributed by atoms with Gasteiger partial charge in [-0.25, -0.2) is 0 Å². The molecule has 7 heteroatoms. The maximum atomic E-state index is 12.2. The average Bonchev–Trinajstić information content (AvgIpc) is 2.75. The van der Waals surface area contributed by atoms with Crippen LogP contribution in [0.15, 0.2) is 18.2 Å². The van der Waals surface area contributed by atoms with Crippen LogP contribution in [0.4, 0.5) is 0 Å². The summed E-state index contributed by atoms with van der Waals surface area (Å²) in [5.74, 6) is -2.03. The summed E-state index contributed by atoms with van der Waals surface area (Å²) in [6.07, 6.45) is 0.281.